The lowest BCUT2D eigenvalue weighted by atomic mass is 10.2. The zero-order valence-corrected chi connectivity index (χ0v) is 10.3. The van der Waals surface area contributed by atoms with Crippen molar-refractivity contribution in [3.63, 3.8) is 0 Å². The summed E-state index contributed by atoms with van der Waals surface area (Å²) >= 11 is 3.23. The van der Waals surface area contributed by atoms with E-state index in [9.17, 15) is 9.59 Å². The van der Waals surface area contributed by atoms with Crippen molar-refractivity contribution in [1.82, 2.24) is 4.90 Å². The van der Waals surface area contributed by atoms with Crippen LogP contribution in [0.4, 0.5) is 0 Å². The van der Waals surface area contributed by atoms with Crippen molar-refractivity contribution in [2.24, 2.45) is 5.73 Å². The zero-order valence-electron chi connectivity index (χ0n) is 8.75. The van der Waals surface area contributed by atoms with Crippen LogP contribution in [-0.4, -0.2) is 34.6 Å². The average molecular weight is 277 g/mol. The largest absolute Gasteiger partial charge is 0.368 e. The summed E-state index contributed by atoms with van der Waals surface area (Å²) in [5.41, 5.74) is 5.15. The summed E-state index contributed by atoms with van der Waals surface area (Å²) in [4.78, 5) is 24.3. The molecule has 1 aliphatic rings. The highest BCUT2D eigenvalue weighted by molar-refractivity contribution is 9.09. The summed E-state index contributed by atoms with van der Waals surface area (Å²) in [6, 6.07) is 0.226. The van der Waals surface area contributed by atoms with Crippen molar-refractivity contribution in [2.75, 3.05) is 11.9 Å². The van der Waals surface area contributed by atoms with Crippen molar-refractivity contribution >= 4 is 27.7 Å². The topological polar surface area (TPSA) is 63.4 Å². The van der Waals surface area contributed by atoms with Crippen molar-refractivity contribution < 1.29 is 9.59 Å². The van der Waals surface area contributed by atoms with E-state index in [1.807, 2.05) is 0 Å². The Kier molecular flexibility index (Phi) is 5.08. The van der Waals surface area contributed by atoms with Gasteiger partial charge in [0.05, 0.1) is 6.54 Å². The Bertz CT molecular complexity index is 240. The van der Waals surface area contributed by atoms with E-state index in [2.05, 4.69) is 15.9 Å². The number of hydrogen-bond acceptors (Lipinski definition) is 2. The van der Waals surface area contributed by atoms with E-state index in [1.54, 1.807) is 4.90 Å². The Labute approximate surface area is 98.3 Å². The quantitative estimate of drug-likeness (QED) is 0.763. The summed E-state index contributed by atoms with van der Waals surface area (Å²) in [5.74, 6) is -0.401. The molecule has 0 atom stereocenters. The van der Waals surface area contributed by atoms with E-state index < -0.39 is 5.91 Å². The van der Waals surface area contributed by atoms with Crippen molar-refractivity contribution in [3.05, 3.63) is 0 Å². The van der Waals surface area contributed by atoms with Gasteiger partial charge in [0.15, 0.2) is 0 Å². The highest BCUT2D eigenvalue weighted by atomic mass is 79.9. The number of primary amides is 1. The molecular weight excluding hydrogens is 260 g/mol. The first-order valence-electron chi connectivity index (χ1n) is 5.29. The molecule has 2 amide bonds. The van der Waals surface area contributed by atoms with Crippen LogP contribution in [0.15, 0.2) is 0 Å². The van der Waals surface area contributed by atoms with Gasteiger partial charge in [0.1, 0.15) is 0 Å². The van der Waals surface area contributed by atoms with E-state index in [0.717, 1.165) is 25.7 Å². The Morgan fingerprint density at radius 1 is 1.33 bits per heavy atom. The number of halogens is 1. The van der Waals surface area contributed by atoms with Gasteiger partial charge in [0.2, 0.25) is 11.8 Å². The normalized spacial score (nSPS) is 16.6. The molecular formula is C10H17BrN2O2. The first-order valence-corrected chi connectivity index (χ1v) is 6.41. The number of amides is 2. The molecule has 0 aromatic carbocycles. The number of hydrogen-bond donors (Lipinski definition) is 1. The fourth-order valence-electron chi connectivity index (χ4n) is 2.03. The SMILES string of the molecule is NC(=O)CN(C(=O)CCBr)C1CCCC1. The van der Waals surface area contributed by atoms with E-state index >= 15 is 0 Å². The number of nitrogens with zero attached hydrogens (tertiary/aromatic N) is 1. The van der Waals surface area contributed by atoms with E-state index in [4.69, 9.17) is 5.73 Å². The molecule has 1 rings (SSSR count). The lowest BCUT2D eigenvalue weighted by molar-refractivity contribution is -0.137. The highest BCUT2D eigenvalue weighted by Crippen LogP contribution is 2.23. The zero-order chi connectivity index (χ0) is 11.3. The van der Waals surface area contributed by atoms with Crippen LogP contribution < -0.4 is 5.73 Å². The molecule has 1 aliphatic carbocycles. The lowest BCUT2D eigenvalue weighted by Crippen LogP contribution is -2.44. The third-order valence-electron chi connectivity index (χ3n) is 2.72. The third-order valence-corrected chi connectivity index (χ3v) is 3.12. The lowest BCUT2D eigenvalue weighted by Gasteiger charge is -2.27. The predicted molar refractivity (Wildman–Crippen MR) is 61.6 cm³/mol. The Hall–Kier alpha value is -0.580. The Balaban J connectivity index is 2.58. The molecule has 0 bridgehead atoms. The maximum atomic E-state index is 11.8. The summed E-state index contributed by atoms with van der Waals surface area (Å²) in [6.45, 7) is 0.0660. The van der Waals surface area contributed by atoms with Crippen molar-refractivity contribution in [1.29, 1.82) is 0 Å². The van der Waals surface area contributed by atoms with Crippen LogP contribution >= 0.6 is 15.9 Å². The van der Waals surface area contributed by atoms with Gasteiger partial charge in [-0.25, -0.2) is 0 Å². The molecule has 1 saturated carbocycles. The fourth-order valence-corrected chi connectivity index (χ4v) is 2.37. The maximum Gasteiger partial charge on any atom is 0.237 e. The summed E-state index contributed by atoms with van der Waals surface area (Å²) in [6.07, 6.45) is 4.72. The molecule has 0 aliphatic heterocycles. The van der Waals surface area contributed by atoms with Crippen LogP contribution in [0.1, 0.15) is 32.1 Å². The van der Waals surface area contributed by atoms with Crippen LogP contribution in [0.3, 0.4) is 0 Å². The van der Waals surface area contributed by atoms with Gasteiger partial charge in [-0.05, 0) is 12.8 Å². The third kappa shape index (κ3) is 3.81. The van der Waals surface area contributed by atoms with Crippen molar-refractivity contribution in [2.45, 2.75) is 38.1 Å². The number of carbonyl (C=O) groups excluding carboxylic acids is 2. The second kappa shape index (κ2) is 6.10. The van der Waals surface area contributed by atoms with Gasteiger partial charge >= 0.3 is 0 Å². The molecule has 86 valence electrons. The van der Waals surface area contributed by atoms with Crippen LogP contribution in [0.5, 0.6) is 0 Å². The van der Waals surface area contributed by atoms with Gasteiger partial charge in [-0.3, -0.25) is 9.59 Å². The summed E-state index contributed by atoms with van der Waals surface area (Å²) in [5, 5.41) is 0.633. The molecule has 0 aromatic heterocycles. The van der Waals surface area contributed by atoms with Gasteiger partial charge < -0.3 is 10.6 Å². The number of nitrogens with two attached hydrogens (primary N) is 1. The molecule has 0 unspecified atom stereocenters. The number of carbonyl (C=O) groups is 2. The van der Waals surface area contributed by atoms with Gasteiger partial charge in [-0.1, -0.05) is 28.8 Å². The van der Waals surface area contributed by atoms with E-state index in [-0.39, 0.29) is 18.5 Å². The summed E-state index contributed by atoms with van der Waals surface area (Å²) in [7, 11) is 0. The van der Waals surface area contributed by atoms with Crippen LogP contribution in [-0.2, 0) is 9.59 Å². The molecule has 0 heterocycles. The monoisotopic (exact) mass is 276 g/mol. The van der Waals surface area contributed by atoms with Gasteiger partial charge in [0, 0.05) is 17.8 Å². The van der Waals surface area contributed by atoms with Crippen LogP contribution in [0.2, 0.25) is 0 Å². The average Bonchev–Trinajstić information content (AvgIpc) is 2.66. The first-order chi connectivity index (χ1) is 7.15. The number of alkyl halides is 1. The molecule has 0 aromatic rings. The smallest absolute Gasteiger partial charge is 0.237 e. The molecule has 4 nitrogen and oxygen atoms in total. The molecule has 0 spiro atoms. The molecule has 0 saturated heterocycles. The maximum absolute atomic E-state index is 11.8. The van der Waals surface area contributed by atoms with Crippen LogP contribution in [0, 0.1) is 0 Å². The minimum absolute atomic E-state index is 0.0255. The van der Waals surface area contributed by atoms with Crippen molar-refractivity contribution in [3.8, 4) is 0 Å². The molecule has 15 heavy (non-hydrogen) atoms. The first kappa shape index (κ1) is 12.5. The molecule has 0 radical (unpaired) electrons. The second-order valence-corrected chi connectivity index (χ2v) is 4.66. The Morgan fingerprint density at radius 2 is 1.93 bits per heavy atom. The molecule has 2 N–H and O–H groups in total. The fraction of sp³-hybridized carbons (Fsp3) is 0.800. The molecule has 5 heteroatoms. The van der Waals surface area contributed by atoms with E-state index in [1.165, 1.54) is 0 Å². The van der Waals surface area contributed by atoms with Gasteiger partial charge in [0.25, 0.3) is 0 Å². The Morgan fingerprint density at radius 3 is 2.40 bits per heavy atom. The highest BCUT2D eigenvalue weighted by Gasteiger charge is 2.26. The second-order valence-electron chi connectivity index (χ2n) is 3.87. The molecule has 1 fully saturated rings. The minimum Gasteiger partial charge on any atom is -0.368 e. The van der Waals surface area contributed by atoms with E-state index in [0.29, 0.717) is 11.8 Å². The van der Waals surface area contributed by atoms with Gasteiger partial charge in [-0.15, -0.1) is 0 Å². The minimum atomic E-state index is -0.426. The standard InChI is InChI=1S/C10H17BrN2O2/c11-6-5-10(15)13(7-9(12)14)8-3-1-2-4-8/h8H,1-7H2,(H2,12,14). The van der Waals surface area contributed by atoms with Gasteiger partial charge in [-0.2, -0.15) is 0 Å². The van der Waals surface area contributed by atoms with Crippen LogP contribution in [0.25, 0.3) is 0 Å². The predicted octanol–water partition coefficient (Wildman–Crippen LogP) is 1.03. The number of rotatable bonds is 5. The summed E-state index contributed by atoms with van der Waals surface area (Å²) < 4.78 is 0.